The first kappa shape index (κ1) is 18.8. The average Bonchev–Trinajstić information content (AvgIpc) is 3.03. The van der Waals surface area contributed by atoms with Crippen molar-refractivity contribution in [1.29, 1.82) is 0 Å². The molecule has 27 heavy (non-hydrogen) atoms. The highest BCUT2D eigenvalue weighted by molar-refractivity contribution is 6.30. The van der Waals surface area contributed by atoms with Crippen LogP contribution in [-0.4, -0.2) is 28.3 Å². The maximum absolute atomic E-state index is 12.0. The Hall–Kier alpha value is -2.99. The molecule has 3 aromatic rings. The molecule has 0 aliphatic carbocycles. The fourth-order valence-corrected chi connectivity index (χ4v) is 3.27. The minimum atomic E-state index is -0.536. The predicted octanol–water partition coefficient (Wildman–Crippen LogP) is 3.25. The Morgan fingerprint density at radius 1 is 1.26 bits per heavy atom. The summed E-state index contributed by atoms with van der Waals surface area (Å²) in [5.41, 5.74) is 8.86. The van der Waals surface area contributed by atoms with Gasteiger partial charge in [-0.2, -0.15) is 5.10 Å². The van der Waals surface area contributed by atoms with Crippen molar-refractivity contribution in [3.8, 4) is 11.5 Å². The molecule has 0 fully saturated rings. The van der Waals surface area contributed by atoms with Crippen molar-refractivity contribution in [3.63, 3.8) is 0 Å². The van der Waals surface area contributed by atoms with Crippen LogP contribution >= 0.6 is 11.6 Å². The van der Waals surface area contributed by atoms with Crippen LogP contribution in [0.2, 0.25) is 5.02 Å². The van der Waals surface area contributed by atoms with Crippen molar-refractivity contribution >= 4 is 17.5 Å². The number of halogens is 1. The van der Waals surface area contributed by atoms with Gasteiger partial charge in [-0.15, -0.1) is 0 Å². The molecule has 4 N–H and O–H groups in total. The highest BCUT2D eigenvalue weighted by Gasteiger charge is 2.19. The van der Waals surface area contributed by atoms with Gasteiger partial charge < -0.3 is 15.6 Å². The Labute approximate surface area is 161 Å². The van der Waals surface area contributed by atoms with Gasteiger partial charge in [0.1, 0.15) is 0 Å². The van der Waals surface area contributed by atoms with Gasteiger partial charge in [0.15, 0.2) is 11.5 Å². The van der Waals surface area contributed by atoms with E-state index in [0.717, 1.165) is 5.56 Å². The molecule has 0 aliphatic rings. The molecule has 0 saturated heterocycles. The van der Waals surface area contributed by atoms with E-state index in [0.29, 0.717) is 52.5 Å². The number of H-pyrrole nitrogens is 1. The number of hydrogen-bond donors (Lipinski definition) is 3. The van der Waals surface area contributed by atoms with E-state index >= 15 is 0 Å². The van der Waals surface area contributed by atoms with E-state index in [4.69, 9.17) is 22.1 Å². The molecule has 1 amide bonds. The van der Waals surface area contributed by atoms with Crippen molar-refractivity contribution < 1.29 is 14.6 Å². The highest BCUT2D eigenvalue weighted by atomic mass is 35.5. The fraction of sp³-hybridized carbons (Fsp3) is 0.200. The number of nitrogens with one attached hydrogen (secondary N) is 1. The number of hydrogen-bond acceptors (Lipinski definition) is 4. The molecule has 3 rings (SSSR count). The zero-order valence-electron chi connectivity index (χ0n) is 14.8. The minimum Gasteiger partial charge on any atom is -0.504 e. The molecule has 0 saturated carbocycles. The summed E-state index contributed by atoms with van der Waals surface area (Å²) in [6.45, 7) is 0. The summed E-state index contributed by atoms with van der Waals surface area (Å²) in [6, 6.07) is 12.7. The number of primary amides is 1. The Morgan fingerprint density at radius 2 is 2.04 bits per heavy atom. The van der Waals surface area contributed by atoms with E-state index < -0.39 is 5.91 Å². The van der Waals surface area contributed by atoms with Gasteiger partial charge in [0.2, 0.25) is 0 Å². The number of nitrogens with two attached hydrogens (primary N) is 1. The maximum atomic E-state index is 12.0. The van der Waals surface area contributed by atoms with Gasteiger partial charge >= 0.3 is 0 Å². The number of amides is 1. The molecule has 0 aliphatic heterocycles. The van der Waals surface area contributed by atoms with Crippen molar-refractivity contribution in [2.75, 3.05) is 7.11 Å². The van der Waals surface area contributed by atoms with Crippen LogP contribution in [0.3, 0.4) is 0 Å². The van der Waals surface area contributed by atoms with Gasteiger partial charge in [0.05, 0.1) is 24.1 Å². The molecule has 1 aromatic heterocycles. The van der Waals surface area contributed by atoms with Crippen LogP contribution in [0.1, 0.15) is 32.9 Å². The summed E-state index contributed by atoms with van der Waals surface area (Å²) in [6.07, 6.45) is 1.41. The molecule has 2 aromatic carbocycles. The van der Waals surface area contributed by atoms with Crippen molar-refractivity contribution in [3.05, 3.63) is 75.6 Å². The summed E-state index contributed by atoms with van der Waals surface area (Å²) >= 11 is 6.02. The van der Waals surface area contributed by atoms with Crippen LogP contribution in [-0.2, 0) is 19.3 Å². The third-order valence-corrected chi connectivity index (χ3v) is 4.60. The Bertz CT molecular complexity index is 969. The number of benzene rings is 2. The molecule has 0 atom stereocenters. The third kappa shape index (κ3) is 4.23. The van der Waals surface area contributed by atoms with Gasteiger partial charge in [0, 0.05) is 11.4 Å². The van der Waals surface area contributed by atoms with Gasteiger partial charge in [-0.05, 0) is 42.2 Å². The number of rotatable bonds is 7. The van der Waals surface area contributed by atoms with E-state index in [2.05, 4.69) is 10.2 Å². The summed E-state index contributed by atoms with van der Waals surface area (Å²) < 4.78 is 5.12. The number of phenolic OH excluding ortho intramolecular Hbond substituents is 1. The number of aromatic nitrogens is 2. The van der Waals surface area contributed by atoms with Crippen LogP contribution in [0, 0.1) is 0 Å². The summed E-state index contributed by atoms with van der Waals surface area (Å²) in [5.74, 6) is -0.0350. The Morgan fingerprint density at radius 3 is 2.74 bits per heavy atom. The second-order valence-corrected chi connectivity index (χ2v) is 6.60. The molecule has 1 heterocycles. The van der Waals surface area contributed by atoms with Gasteiger partial charge in [-0.25, -0.2) is 0 Å². The zero-order chi connectivity index (χ0) is 19.4. The number of methoxy groups -OCH3 is 1. The van der Waals surface area contributed by atoms with Crippen LogP contribution in [0.4, 0.5) is 0 Å². The normalized spacial score (nSPS) is 10.7. The molecule has 0 unspecified atom stereocenters. The smallest absolute Gasteiger partial charge is 0.252 e. The van der Waals surface area contributed by atoms with Crippen LogP contribution < -0.4 is 10.5 Å². The largest absolute Gasteiger partial charge is 0.504 e. The monoisotopic (exact) mass is 385 g/mol. The predicted molar refractivity (Wildman–Crippen MR) is 103 cm³/mol. The Balaban J connectivity index is 1.82. The van der Waals surface area contributed by atoms with Crippen molar-refractivity contribution in [2.24, 2.45) is 5.73 Å². The van der Waals surface area contributed by atoms with Gasteiger partial charge in [-0.3, -0.25) is 9.89 Å². The molecular formula is C20H20ClN3O3. The molecule has 7 heteroatoms. The lowest BCUT2D eigenvalue weighted by atomic mass is 10.0. The van der Waals surface area contributed by atoms with Crippen molar-refractivity contribution in [2.45, 2.75) is 19.3 Å². The highest BCUT2D eigenvalue weighted by Crippen LogP contribution is 2.30. The van der Waals surface area contributed by atoms with Crippen LogP contribution in [0.15, 0.2) is 42.5 Å². The van der Waals surface area contributed by atoms with Crippen LogP contribution in [0.5, 0.6) is 11.5 Å². The van der Waals surface area contributed by atoms with Gasteiger partial charge in [-0.1, -0.05) is 35.9 Å². The number of carbonyl (C=O) groups is 1. The number of para-hydroxylation sites is 1. The van der Waals surface area contributed by atoms with E-state index in [1.807, 2.05) is 18.2 Å². The van der Waals surface area contributed by atoms with E-state index in [1.165, 1.54) is 7.11 Å². The quantitative estimate of drug-likeness (QED) is 0.581. The number of aryl methyl sites for hydroxylation is 2. The zero-order valence-corrected chi connectivity index (χ0v) is 15.6. The van der Waals surface area contributed by atoms with E-state index in [1.54, 1.807) is 24.3 Å². The molecule has 0 bridgehead atoms. The van der Waals surface area contributed by atoms with Gasteiger partial charge in [0.25, 0.3) is 5.91 Å². The second kappa shape index (κ2) is 8.14. The summed E-state index contributed by atoms with van der Waals surface area (Å²) in [7, 11) is 1.50. The fourth-order valence-electron chi connectivity index (χ4n) is 3.06. The number of aromatic hydroxyl groups is 1. The standard InChI is InChI=1S/C20H20ClN3O3/c1-27-17-7-3-5-13(19(17)25)8-9-15-18(20(22)26)16(24-23-15)11-12-4-2-6-14(21)10-12/h2-7,10,25H,8-9,11H2,1H3,(H2,22,26)(H,23,24). The lowest BCUT2D eigenvalue weighted by molar-refractivity contribution is 0.0998. The van der Waals surface area contributed by atoms with Crippen LogP contribution in [0.25, 0.3) is 0 Å². The lowest BCUT2D eigenvalue weighted by Gasteiger charge is -2.08. The Kier molecular flexibility index (Phi) is 5.66. The number of ether oxygens (including phenoxy) is 1. The van der Waals surface area contributed by atoms with E-state index in [9.17, 15) is 9.90 Å². The van der Waals surface area contributed by atoms with Crippen molar-refractivity contribution in [1.82, 2.24) is 10.2 Å². The number of phenols is 1. The first-order valence-corrected chi connectivity index (χ1v) is 8.82. The molecule has 0 spiro atoms. The first-order valence-electron chi connectivity index (χ1n) is 8.44. The first-order chi connectivity index (χ1) is 13.0. The molecule has 6 nitrogen and oxygen atoms in total. The number of carbonyl (C=O) groups excluding carboxylic acids is 1. The maximum Gasteiger partial charge on any atom is 0.252 e. The summed E-state index contributed by atoms with van der Waals surface area (Å²) in [5, 5.41) is 18.0. The summed E-state index contributed by atoms with van der Waals surface area (Å²) in [4.78, 5) is 12.0. The molecule has 140 valence electrons. The topological polar surface area (TPSA) is 101 Å². The van der Waals surface area contributed by atoms with E-state index in [-0.39, 0.29) is 5.75 Å². The SMILES string of the molecule is COc1cccc(CCc2n[nH]c(Cc3cccc(Cl)c3)c2C(N)=O)c1O. The minimum absolute atomic E-state index is 0.0929. The average molecular weight is 386 g/mol. The number of nitrogens with zero attached hydrogens (tertiary/aromatic N) is 1. The lowest BCUT2D eigenvalue weighted by Crippen LogP contribution is -2.15. The molecule has 0 radical (unpaired) electrons. The second-order valence-electron chi connectivity index (χ2n) is 6.16. The number of aromatic amines is 1. The third-order valence-electron chi connectivity index (χ3n) is 4.37. The molecular weight excluding hydrogens is 366 g/mol.